The molecule has 0 saturated heterocycles. The van der Waals surface area contributed by atoms with Crippen LogP contribution in [0.2, 0.25) is 0 Å². The monoisotopic (exact) mass is 188 g/mol. The van der Waals surface area contributed by atoms with Gasteiger partial charge in [-0.2, -0.15) is 0 Å². The summed E-state index contributed by atoms with van der Waals surface area (Å²) in [5.41, 5.74) is 3.92. The molecule has 0 radical (unpaired) electrons. The van der Waals surface area contributed by atoms with E-state index in [0.717, 1.165) is 18.6 Å². The van der Waals surface area contributed by atoms with Crippen molar-refractivity contribution in [2.24, 2.45) is 0 Å². The van der Waals surface area contributed by atoms with Crippen LogP contribution in [0.15, 0.2) is 16.5 Å². The minimum absolute atomic E-state index is 0.150. The van der Waals surface area contributed by atoms with E-state index in [9.17, 15) is 4.79 Å². The first-order valence-electron chi connectivity index (χ1n) is 4.45. The Balaban J connectivity index is 2.29. The van der Waals surface area contributed by atoms with Crippen LogP contribution in [0.25, 0.3) is 11.1 Å². The van der Waals surface area contributed by atoms with E-state index in [4.69, 9.17) is 4.42 Å². The predicted molar refractivity (Wildman–Crippen MR) is 49.9 cm³/mol. The molecule has 0 amide bonds. The Kier molecular flexibility index (Phi) is 1.46. The topological polar surface area (TPSA) is 55.1 Å². The van der Waals surface area contributed by atoms with Crippen LogP contribution in [0.4, 0.5) is 0 Å². The summed E-state index contributed by atoms with van der Waals surface area (Å²) in [6.45, 7) is 1.73. The maximum Gasteiger partial charge on any atom is 0.260 e. The third-order valence-electron chi connectivity index (χ3n) is 2.46. The van der Waals surface area contributed by atoms with Crippen LogP contribution in [0.1, 0.15) is 21.8 Å². The Labute approximate surface area is 79.9 Å². The lowest BCUT2D eigenvalue weighted by Gasteiger charge is -1.94. The van der Waals surface area contributed by atoms with E-state index in [0.29, 0.717) is 11.9 Å². The highest BCUT2D eigenvalue weighted by molar-refractivity contribution is 5.80. The van der Waals surface area contributed by atoms with Crippen molar-refractivity contribution in [1.29, 1.82) is 0 Å². The number of carbonyl (C=O) groups excluding carboxylic acids is 1. The zero-order valence-corrected chi connectivity index (χ0v) is 7.41. The molecule has 2 aromatic rings. The van der Waals surface area contributed by atoms with E-state index in [-0.39, 0.29) is 5.89 Å². The molecular formula is C10H8N2O2. The van der Waals surface area contributed by atoms with E-state index in [2.05, 4.69) is 10.3 Å². The number of aromatic nitrogens is 1. The largest absolute Gasteiger partial charge is 0.434 e. The predicted octanol–water partition coefficient (Wildman–Crippen LogP) is 1.24. The smallest absolute Gasteiger partial charge is 0.260 e. The molecule has 1 N–H and O–H groups in total. The van der Waals surface area contributed by atoms with Gasteiger partial charge in [0.2, 0.25) is 6.29 Å². The van der Waals surface area contributed by atoms with Gasteiger partial charge in [0, 0.05) is 13.1 Å². The molecule has 4 nitrogen and oxygen atoms in total. The Morgan fingerprint density at radius 2 is 2.14 bits per heavy atom. The molecule has 0 fully saturated rings. The van der Waals surface area contributed by atoms with Crippen LogP contribution in [0.3, 0.4) is 0 Å². The Morgan fingerprint density at radius 1 is 1.36 bits per heavy atom. The zero-order chi connectivity index (χ0) is 9.54. The number of fused-ring (bicyclic) bond motifs is 2. The fourth-order valence-corrected chi connectivity index (χ4v) is 1.79. The van der Waals surface area contributed by atoms with Crippen LogP contribution >= 0.6 is 0 Å². The summed E-state index contributed by atoms with van der Waals surface area (Å²) in [6, 6.07) is 3.92. The fraction of sp³-hybridized carbons (Fsp3) is 0.200. The third kappa shape index (κ3) is 0.975. The maximum absolute atomic E-state index is 10.5. The van der Waals surface area contributed by atoms with Gasteiger partial charge in [-0.1, -0.05) is 0 Å². The van der Waals surface area contributed by atoms with Crippen LogP contribution in [-0.2, 0) is 13.1 Å². The first kappa shape index (κ1) is 7.70. The minimum atomic E-state index is 0.150. The van der Waals surface area contributed by atoms with Crippen LogP contribution in [-0.4, -0.2) is 11.3 Å². The summed E-state index contributed by atoms with van der Waals surface area (Å²) in [7, 11) is 0. The second kappa shape index (κ2) is 2.65. The SMILES string of the molecule is O=Cc1nc2cc3c(cc2o1)CNC3. The molecule has 0 bridgehead atoms. The molecular weight excluding hydrogens is 180 g/mol. The number of hydrogen-bond acceptors (Lipinski definition) is 4. The molecule has 0 spiro atoms. The number of hydrogen-bond donors (Lipinski definition) is 1. The van der Waals surface area contributed by atoms with Gasteiger partial charge in [-0.3, -0.25) is 4.79 Å². The van der Waals surface area contributed by atoms with Gasteiger partial charge in [0.25, 0.3) is 5.89 Å². The lowest BCUT2D eigenvalue weighted by Crippen LogP contribution is -1.99. The standard InChI is InChI=1S/C10H8N2O2/c13-5-10-12-8-1-6-3-11-4-7(6)2-9(8)14-10/h1-2,5,11H,3-4H2. The lowest BCUT2D eigenvalue weighted by atomic mass is 10.1. The minimum Gasteiger partial charge on any atom is -0.434 e. The number of nitrogens with one attached hydrogen (secondary N) is 1. The molecule has 0 atom stereocenters. The Bertz CT molecular complexity index is 475. The van der Waals surface area contributed by atoms with Crippen molar-refractivity contribution in [2.75, 3.05) is 0 Å². The summed E-state index contributed by atoms with van der Waals surface area (Å²) >= 11 is 0. The molecule has 1 aromatic carbocycles. The highest BCUT2D eigenvalue weighted by Crippen LogP contribution is 2.23. The normalized spacial score (nSPS) is 14.6. The van der Waals surface area contributed by atoms with E-state index < -0.39 is 0 Å². The Morgan fingerprint density at radius 3 is 2.93 bits per heavy atom. The highest BCUT2D eigenvalue weighted by Gasteiger charge is 2.14. The number of benzene rings is 1. The van der Waals surface area contributed by atoms with Crippen molar-refractivity contribution in [1.82, 2.24) is 10.3 Å². The number of nitrogens with zero attached hydrogens (tertiary/aromatic N) is 1. The van der Waals surface area contributed by atoms with Gasteiger partial charge in [0.1, 0.15) is 5.52 Å². The molecule has 1 aliphatic heterocycles. The van der Waals surface area contributed by atoms with E-state index in [1.165, 1.54) is 11.1 Å². The summed E-state index contributed by atoms with van der Waals surface area (Å²) in [6.07, 6.45) is 0.628. The van der Waals surface area contributed by atoms with Crippen molar-refractivity contribution in [3.05, 3.63) is 29.2 Å². The van der Waals surface area contributed by atoms with Gasteiger partial charge in [-0.05, 0) is 23.3 Å². The summed E-state index contributed by atoms with van der Waals surface area (Å²) < 4.78 is 5.24. The lowest BCUT2D eigenvalue weighted by molar-refractivity contribution is 0.109. The summed E-state index contributed by atoms with van der Waals surface area (Å²) in [5, 5.41) is 3.24. The number of aldehydes is 1. The second-order valence-electron chi connectivity index (χ2n) is 3.36. The van der Waals surface area contributed by atoms with Crippen molar-refractivity contribution < 1.29 is 9.21 Å². The molecule has 2 heterocycles. The van der Waals surface area contributed by atoms with Crippen LogP contribution < -0.4 is 5.32 Å². The molecule has 4 heteroatoms. The van der Waals surface area contributed by atoms with Crippen LogP contribution in [0.5, 0.6) is 0 Å². The molecule has 0 aliphatic carbocycles. The number of oxazole rings is 1. The molecule has 3 rings (SSSR count). The first-order chi connectivity index (χ1) is 6.86. The molecule has 0 saturated carbocycles. The zero-order valence-electron chi connectivity index (χ0n) is 7.41. The van der Waals surface area contributed by atoms with Gasteiger partial charge in [0.05, 0.1) is 0 Å². The van der Waals surface area contributed by atoms with E-state index >= 15 is 0 Å². The highest BCUT2D eigenvalue weighted by atomic mass is 16.4. The van der Waals surface area contributed by atoms with Gasteiger partial charge >= 0.3 is 0 Å². The van der Waals surface area contributed by atoms with Crippen molar-refractivity contribution in [3.8, 4) is 0 Å². The molecule has 14 heavy (non-hydrogen) atoms. The molecule has 1 aromatic heterocycles. The average molecular weight is 188 g/mol. The first-order valence-corrected chi connectivity index (χ1v) is 4.45. The van der Waals surface area contributed by atoms with Gasteiger partial charge in [-0.25, -0.2) is 4.98 Å². The summed E-state index contributed by atoms with van der Waals surface area (Å²) in [5.74, 6) is 0.150. The maximum atomic E-state index is 10.5. The van der Waals surface area contributed by atoms with Gasteiger partial charge < -0.3 is 9.73 Å². The average Bonchev–Trinajstić information content (AvgIpc) is 2.77. The van der Waals surface area contributed by atoms with E-state index in [1.54, 1.807) is 0 Å². The molecule has 0 unspecified atom stereocenters. The van der Waals surface area contributed by atoms with Crippen molar-refractivity contribution in [2.45, 2.75) is 13.1 Å². The summed E-state index contributed by atoms with van der Waals surface area (Å²) in [4.78, 5) is 14.5. The van der Waals surface area contributed by atoms with Gasteiger partial charge in [0.15, 0.2) is 5.58 Å². The van der Waals surface area contributed by atoms with E-state index in [1.807, 2.05) is 12.1 Å². The van der Waals surface area contributed by atoms with Gasteiger partial charge in [-0.15, -0.1) is 0 Å². The third-order valence-corrected chi connectivity index (χ3v) is 2.46. The second-order valence-corrected chi connectivity index (χ2v) is 3.36. The number of rotatable bonds is 1. The Hall–Kier alpha value is -1.68. The quantitative estimate of drug-likeness (QED) is 0.684. The molecule has 70 valence electrons. The fourth-order valence-electron chi connectivity index (χ4n) is 1.79. The van der Waals surface area contributed by atoms with Crippen LogP contribution in [0, 0.1) is 0 Å². The molecule has 1 aliphatic rings. The number of carbonyl (C=O) groups is 1. The van der Waals surface area contributed by atoms with Crippen molar-refractivity contribution in [3.63, 3.8) is 0 Å². The van der Waals surface area contributed by atoms with Crippen molar-refractivity contribution >= 4 is 17.4 Å².